The summed E-state index contributed by atoms with van der Waals surface area (Å²) in [6.07, 6.45) is 0. The maximum Gasteiger partial charge on any atom is 0.187 e. The molecule has 0 aliphatic heterocycles. The summed E-state index contributed by atoms with van der Waals surface area (Å²) in [5.41, 5.74) is 6.76. The highest BCUT2D eigenvalue weighted by molar-refractivity contribution is 7.80. The van der Waals surface area contributed by atoms with Gasteiger partial charge in [0.05, 0.1) is 18.8 Å². The fourth-order valence-electron chi connectivity index (χ4n) is 2.74. The van der Waals surface area contributed by atoms with Gasteiger partial charge < -0.3 is 15.3 Å². The molecule has 0 aromatic heterocycles. The van der Waals surface area contributed by atoms with E-state index in [0.717, 1.165) is 42.0 Å². The molecular formula is C21H29N4OS+. The summed E-state index contributed by atoms with van der Waals surface area (Å²) in [6, 6.07) is 15.7. The zero-order chi connectivity index (χ0) is 19.6. The maximum atomic E-state index is 10.2. The van der Waals surface area contributed by atoms with E-state index in [1.807, 2.05) is 49.4 Å². The van der Waals surface area contributed by atoms with Crippen LogP contribution in [0, 0.1) is 0 Å². The summed E-state index contributed by atoms with van der Waals surface area (Å²) in [7, 11) is 0. The Kier molecular flexibility index (Phi) is 8.23. The van der Waals surface area contributed by atoms with Gasteiger partial charge in [-0.15, -0.1) is 0 Å². The number of nitrogens with one attached hydrogen (secondary N) is 3. The van der Waals surface area contributed by atoms with Crippen molar-refractivity contribution in [2.45, 2.75) is 33.9 Å². The average Bonchev–Trinajstić information content (AvgIpc) is 2.70. The zero-order valence-corrected chi connectivity index (χ0v) is 17.1. The Balaban J connectivity index is 1.97. The predicted octanol–water partition coefficient (Wildman–Crippen LogP) is 2.21. The second-order valence-corrected chi connectivity index (χ2v) is 6.86. The van der Waals surface area contributed by atoms with Crippen molar-refractivity contribution in [2.24, 2.45) is 5.10 Å². The van der Waals surface area contributed by atoms with Crippen LogP contribution < -0.4 is 15.6 Å². The van der Waals surface area contributed by atoms with E-state index in [0.29, 0.717) is 17.4 Å². The maximum absolute atomic E-state index is 10.2. The van der Waals surface area contributed by atoms with Gasteiger partial charge in [-0.25, -0.2) is 0 Å². The number of hydrogen-bond donors (Lipinski definition) is 4. The number of rotatable bonds is 8. The third-order valence-corrected chi connectivity index (χ3v) is 4.79. The molecule has 144 valence electrons. The molecule has 0 fully saturated rings. The van der Waals surface area contributed by atoms with Gasteiger partial charge >= 0.3 is 0 Å². The highest BCUT2D eigenvalue weighted by atomic mass is 32.1. The van der Waals surface area contributed by atoms with Crippen molar-refractivity contribution >= 4 is 23.0 Å². The lowest BCUT2D eigenvalue weighted by Gasteiger charge is -2.16. The summed E-state index contributed by atoms with van der Waals surface area (Å²) in [5, 5.41) is 18.1. The number of hydrogen-bond acceptors (Lipinski definition) is 3. The number of benzene rings is 2. The van der Waals surface area contributed by atoms with E-state index < -0.39 is 0 Å². The van der Waals surface area contributed by atoms with Crippen molar-refractivity contribution < 1.29 is 10.0 Å². The van der Waals surface area contributed by atoms with Crippen LogP contribution in [0.5, 0.6) is 5.75 Å². The van der Waals surface area contributed by atoms with Crippen molar-refractivity contribution in [3.05, 3.63) is 65.2 Å². The standard InChI is InChI=1S/C21H28N4OS/c1-4-25(5-2)15-19-13-18(11-12-20(19)26)16(3)23-24-21(27)22-14-17-9-7-6-8-10-17/h6-13,26H,4-5,14-15H2,1-3H3,(H2,22,24,27)/p+1/b23-16+. The molecule has 27 heavy (non-hydrogen) atoms. The molecule has 2 aromatic carbocycles. The monoisotopic (exact) mass is 385 g/mol. The first-order valence-corrected chi connectivity index (χ1v) is 9.72. The van der Waals surface area contributed by atoms with Gasteiger partial charge in [0.1, 0.15) is 12.3 Å². The van der Waals surface area contributed by atoms with E-state index in [9.17, 15) is 5.11 Å². The van der Waals surface area contributed by atoms with Crippen LogP contribution in [-0.2, 0) is 13.1 Å². The predicted molar refractivity (Wildman–Crippen MR) is 115 cm³/mol. The molecular weight excluding hydrogens is 356 g/mol. The third-order valence-electron chi connectivity index (χ3n) is 4.56. The van der Waals surface area contributed by atoms with Crippen LogP contribution in [0.15, 0.2) is 53.6 Å². The molecule has 0 aliphatic carbocycles. The number of quaternary nitrogens is 1. The van der Waals surface area contributed by atoms with Crippen LogP contribution in [-0.4, -0.2) is 29.0 Å². The Bertz CT molecular complexity index is 773. The molecule has 0 radical (unpaired) electrons. The van der Waals surface area contributed by atoms with Gasteiger partial charge in [-0.05, 0) is 62.3 Å². The number of nitrogens with zero attached hydrogens (tertiary/aromatic N) is 1. The number of thiocarbonyl (C=S) groups is 1. The summed E-state index contributed by atoms with van der Waals surface area (Å²) in [4.78, 5) is 1.42. The number of phenols is 1. The molecule has 0 bridgehead atoms. The molecule has 0 unspecified atom stereocenters. The summed E-state index contributed by atoms with van der Waals surface area (Å²) in [6.45, 7) is 9.72. The lowest BCUT2D eigenvalue weighted by Crippen LogP contribution is -3.10. The Morgan fingerprint density at radius 1 is 1.11 bits per heavy atom. The van der Waals surface area contributed by atoms with Gasteiger partial charge in [0, 0.05) is 12.1 Å². The van der Waals surface area contributed by atoms with Crippen LogP contribution >= 0.6 is 12.2 Å². The first kappa shape index (κ1) is 20.9. The zero-order valence-electron chi connectivity index (χ0n) is 16.2. The number of hydrazone groups is 1. The van der Waals surface area contributed by atoms with Gasteiger partial charge in [0.25, 0.3) is 0 Å². The van der Waals surface area contributed by atoms with Gasteiger partial charge in [0.15, 0.2) is 5.11 Å². The lowest BCUT2D eigenvalue weighted by atomic mass is 10.1. The minimum Gasteiger partial charge on any atom is -0.507 e. The van der Waals surface area contributed by atoms with E-state index in [4.69, 9.17) is 12.2 Å². The molecule has 0 amide bonds. The molecule has 0 aliphatic rings. The molecule has 0 spiro atoms. The van der Waals surface area contributed by atoms with E-state index in [2.05, 4.69) is 29.7 Å². The second kappa shape index (κ2) is 10.6. The van der Waals surface area contributed by atoms with Crippen molar-refractivity contribution in [3.8, 4) is 5.75 Å². The molecule has 0 saturated heterocycles. The van der Waals surface area contributed by atoms with E-state index in [-0.39, 0.29) is 0 Å². The largest absolute Gasteiger partial charge is 0.507 e. The Hall–Kier alpha value is -2.44. The summed E-state index contributed by atoms with van der Waals surface area (Å²) >= 11 is 5.28. The highest BCUT2D eigenvalue weighted by Gasteiger charge is 2.11. The smallest absolute Gasteiger partial charge is 0.187 e. The van der Waals surface area contributed by atoms with Gasteiger partial charge in [-0.1, -0.05) is 30.3 Å². The van der Waals surface area contributed by atoms with Crippen LogP contribution in [0.4, 0.5) is 0 Å². The Morgan fingerprint density at radius 2 is 1.81 bits per heavy atom. The Morgan fingerprint density at radius 3 is 2.48 bits per heavy atom. The lowest BCUT2D eigenvalue weighted by molar-refractivity contribution is -0.910. The van der Waals surface area contributed by atoms with Crippen LogP contribution in [0.3, 0.4) is 0 Å². The van der Waals surface area contributed by atoms with Crippen molar-refractivity contribution in [1.82, 2.24) is 10.7 Å². The third kappa shape index (κ3) is 6.66. The van der Waals surface area contributed by atoms with E-state index in [1.165, 1.54) is 4.90 Å². The molecule has 0 heterocycles. The molecule has 6 heteroatoms. The SMILES string of the molecule is CC[NH+](CC)Cc1cc(/C(C)=N/NC(=S)NCc2ccccc2)ccc1O. The van der Waals surface area contributed by atoms with E-state index >= 15 is 0 Å². The average molecular weight is 386 g/mol. The second-order valence-electron chi connectivity index (χ2n) is 6.45. The van der Waals surface area contributed by atoms with Gasteiger partial charge in [-0.2, -0.15) is 5.10 Å². The van der Waals surface area contributed by atoms with Gasteiger partial charge in [0.2, 0.25) is 0 Å². The minimum absolute atomic E-state index is 0.332. The van der Waals surface area contributed by atoms with Crippen molar-refractivity contribution in [2.75, 3.05) is 13.1 Å². The van der Waals surface area contributed by atoms with Crippen molar-refractivity contribution in [1.29, 1.82) is 0 Å². The number of aromatic hydroxyl groups is 1. The number of phenolic OH excluding ortho intramolecular Hbond substituents is 1. The molecule has 4 N–H and O–H groups in total. The van der Waals surface area contributed by atoms with Crippen molar-refractivity contribution in [3.63, 3.8) is 0 Å². The minimum atomic E-state index is 0.332. The summed E-state index contributed by atoms with van der Waals surface area (Å²) < 4.78 is 0. The molecule has 5 nitrogen and oxygen atoms in total. The van der Waals surface area contributed by atoms with Crippen LogP contribution in [0.25, 0.3) is 0 Å². The fourth-order valence-corrected chi connectivity index (χ4v) is 2.86. The Labute approximate surface area is 167 Å². The fraction of sp³-hybridized carbons (Fsp3) is 0.333. The quantitative estimate of drug-likeness (QED) is 0.320. The first-order valence-electron chi connectivity index (χ1n) is 9.31. The first-order chi connectivity index (χ1) is 13.0. The topological polar surface area (TPSA) is 61.1 Å². The summed E-state index contributed by atoms with van der Waals surface area (Å²) in [5.74, 6) is 0.332. The molecule has 0 atom stereocenters. The van der Waals surface area contributed by atoms with Crippen LogP contribution in [0.1, 0.15) is 37.5 Å². The normalized spacial score (nSPS) is 11.5. The molecule has 2 aromatic rings. The molecule has 0 saturated carbocycles. The molecule has 2 rings (SSSR count). The van der Waals surface area contributed by atoms with Crippen LogP contribution in [0.2, 0.25) is 0 Å². The van der Waals surface area contributed by atoms with E-state index in [1.54, 1.807) is 6.07 Å². The highest BCUT2D eigenvalue weighted by Crippen LogP contribution is 2.18. The van der Waals surface area contributed by atoms with Gasteiger partial charge in [-0.3, -0.25) is 5.43 Å².